The molecule has 3 rings (SSSR count). The van der Waals surface area contributed by atoms with Gasteiger partial charge in [-0.3, -0.25) is 4.79 Å². The number of carbonyl (C=O) groups excluding carboxylic acids is 1. The number of carbonyl (C=O) groups is 1. The van der Waals surface area contributed by atoms with E-state index in [1.165, 1.54) is 0 Å². The normalized spacial score (nSPS) is 15.3. The Hall–Kier alpha value is -2.75. The van der Waals surface area contributed by atoms with Crippen molar-refractivity contribution >= 4 is 17.9 Å². The van der Waals surface area contributed by atoms with Crippen LogP contribution in [0.3, 0.4) is 0 Å². The smallest absolute Gasteiger partial charge is 0.189 e. The minimum absolute atomic E-state index is 0.107. The van der Waals surface area contributed by atoms with Gasteiger partial charge in [0, 0.05) is 11.9 Å². The molecule has 0 amide bonds. The van der Waals surface area contributed by atoms with Crippen molar-refractivity contribution in [3.8, 4) is 11.5 Å². The zero-order valence-electron chi connectivity index (χ0n) is 13.4. The molecule has 1 aliphatic heterocycles. The summed E-state index contributed by atoms with van der Waals surface area (Å²) >= 11 is 0. The molecule has 4 nitrogen and oxygen atoms in total. The van der Waals surface area contributed by atoms with Crippen molar-refractivity contribution in [3.63, 3.8) is 0 Å². The maximum absolute atomic E-state index is 12.6. The lowest BCUT2D eigenvalue weighted by Gasteiger charge is -2.29. The average Bonchev–Trinajstić information content (AvgIpc) is 3.04. The van der Waals surface area contributed by atoms with Crippen molar-refractivity contribution in [1.82, 2.24) is 4.98 Å². The minimum Gasteiger partial charge on any atom is -0.496 e. The van der Waals surface area contributed by atoms with E-state index in [9.17, 15) is 4.79 Å². The molecule has 0 spiro atoms. The van der Waals surface area contributed by atoms with E-state index in [2.05, 4.69) is 4.98 Å². The van der Waals surface area contributed by atoms with Gasteiger partial charge in [-0.15, -0.1) is 0 Å². The van der Waals surface area contributed by atoms with E-state index in [4.69, 9.17) is 9.47 Å². The Morgan fingerprint density at radius 2 is 2.13 bits per heavy atom. The Kier molecular flexibility index (Phi) is 3.82. The maximum atomic E-state index is 12.6. The summed E-state index contributed by atoms with van der Waals surface area (Å²) in [6.07, 6.45) is 9.02. The molecule has 2 heterocycles. The fourth-order valence-electron chi connectivity index (χ4n) is 2.51. The van der Waals surface area contributed by atoms with Crippen molar-refractivity contribution < 1.29 is 14.3 Å². The van der Waals surface area contributed by atoms with E-state index < -0.39 is 5.60 Å². The number of ether oxygens (including phenoxy) is 2. The van der Waals surface area contributed by atoms with Gasteiger partial charge in [0.25, 0.3) is 0 Å². The summed E-state index contributed by atoms with van der Waals surface area (Å²) in [5, 5.41) is 0. The molecule has 4 heteroatoms. The van der Waals surface area contributed by atoms with Gasteiger partial charge in [0.05, 0.1) is 18.2 Å². The van der Waals surface area contributed by atoms with Crippen LogP contribution in [0.4, 0.5) is 0 Å². The summed E-state index contributed by atoms with van der Waals surface area (Å²) in [5.74, 6) is 1.15. The Balaban J connectivity index is 2.00. The summed E-state index contributed by atoms with van der Waals surface area (Å²) in [6.45, 7) is 3.91. The Bertz CT molecular complexity index is 783. The lowest BCUT2D eigenvalue weighted by molar-refractivity contribution is 0.103. The Morgan fingerprint density at radius 1 is 1.30 bits per heavy atom. The molecule has 1 N–H and O–H groups in total. The summed E-state index contributed by atoms with van der Waals surface area (Å²) in [7, 11) is 1.61. The summed E-state index contributed by atoms with van der Waals surface area (Å²) < 4.78 is 11.4. The second-order valence-corrected chi connectivity index (χ2v) is 5.92. The monoisotopic (exact) mass is 309 g/mol. The number of aromatic nitrogens is 1. The van der Waals surface area contributed by atoms with Gasteiger partial charge >= 0.3 is 0 Å². The fraction of sp³-hybridized carbons (Fsp3) is 0.211. The van der Waals surface area contributed by atoms with Gasteiger partial charge in [0.15, 0.2) is 5.78 Å². The van der Waals surface area contributed by atoms with Crippen LogP contribution in [0.5, 0.6) is 11.5 Å². The highest BCUT2D eigenvalue weighted by molar-refractivity contribution is 6.09. The molecule has 23 heavy (non-hydrogen) atoms. The zero-order chi connectivity index (χ0) is 16.4. The van der Waals surface area contributed by atoms with E-state index in [1.54, 1.807) is 31.4 Å². The van der Waals surface area contributed by atoms with Gasteiger partial charge in [-0.25, -0.2) is 0 Å². The van der Waals surface area contributed by atoms with Crippen LogP contribution in [0.15, 0.2) is 42.6 Å². The second-order valence-electron chi connectivity index (χ2n) is 5.92. The third kappa shape index (κ3) is 3.06. The largest absolute Gasteiger partial charge is 0.496 e. The molecule has 1 aromatic carbocycles. The lowest BCUT2D eigenvalue weighted by atomic mass is 9.97. The third-order valence-corrected chi connectivity index (χ3v) is 3.69. The molecule has 0 fully saturated rings. The van der Waals surface area contributed by atoms with Crippen LogP contribution >= 0.6 is 0 Å². The highest BCUT2D eigenvalue weighted by Gasteiger charge is 2.27. The number of hydrogen-bond acceptors (Lipinski definition) is 3. The van der Waals surface area contributed by atoms with E-state index in [0.717, 1.165) is 11.3 Å². The maximum Gasteiger partial charge on any atom is 0.189 e. The molecule has 1 aromatic heterocycles. The molecule has 118 valence electrons. The number of aromatic amines is 1. The number of rotatable bonds is 4. The van der Waals surface area contributed by atoms with Gasteiger partial charge in [-0.2, -0.15) is 0 Å². The molecular formula is C19H19NO3. The Labute approximate surface area is 135 Å². The quantitative estimate of drug-likeness (QED) is 0.683. The van der Waals surface area contributed by atoms with Crippen molar-refractivity contribution in [3.05, 3.63) is 59.4 Å². The third-order valence-electron chi connectivity index (χ3n) is 3.69. The number of benzene rings is 1. The molecule has 0 saturated heterocycles. The predicted molar refractivity (Wildman–Crippen MR) is 90.9 cm³/mol. The summed E-state index contributed by atoms with van der Waals surface area (Å²) in [4.78, 5) is 15.6. The van der Waals surface area contributed by atoms with Gasteiger partial charge < -0.3 is 14.5 Å². The fourth-order valence-corrected chi connectivity index (χ4v) is 2.51. The molecular weight excluding hydrogens is 290 g/mol. The van der Waals surface area contributed by atoms with Crippen LogP contribution in [-0.2, 0) is 0 Å². The number of ketones is 1. The number of H-pyrrole nitrogens is 1. The van der Waals surface area contributed by atoms with Gasteiger partial charge in [-0.1, -0.05) is 0 Å². The number of nitrogens with one attached hydrogen (secondary N) is 1. The standard InChI is InChI=1S/C19H19NO3/c1-19(2)11-10-15-17(22-3)9-7-14(18(15)23-19)16(21)8-6-13-5-4-12-20-13/h4-12,20H,1-3H3. The van der Waals surface area contributed by atoms with E-state index in [1.807, 2.05) is 44.3 Å². The molecule has 0 aliphatic carbocycles. The first kappa shape index (κ1) is 15.2. The Morgan fingerprint density at radius 3 is 2.83 bits per heavy atom. The molecule has 0 saturated carbocycles. The summed E-state index contributed by atoms with van der Waals surface area (Å²) in [6, 6.07) is 7.32. The van der Waals surface area contributed by atoms with E-state index in [0.29, 0.717) is 17.1 Å². The molecule has 0 radical (unpaired) electrons. The van der Waals surface area contributed by atoms with Gasteiger partial charge in [0.2, 0.25) is 0 Å². The van der Waals surface area contributed by atoms with E-state index >= 15 is 0 Å². The first-order valence-electron chi connectivity index (χ1n) is 7.45. The predicted octanol–water partition coefficient (Wildman–Crippen LogP) is 4.10. The van der Waals surface area contributed by atoms with Crippen molar-refractivity contribution in [2.45, 2.75) is 19.4 Å². The number of methoxy groups -OCH3 is 1. The molecule has 1 aliphatic rings. The van der Waals surface area contributed by atoms with Crippen LogP contribution < -0.4 is 9.47 Å². The first-order chi connectivity index (χ1) is 11.0. The van der Waals surface area contributed by atoms with Crippen LogP contribution in [-0.4, -0.2) is 23.5 Å². The lowest BCUT2D eigenvalue weighted by Crippen LogP contribution is -2.28. The molecule has 0 unspecified atom stereocenters. The average molecular weight is 309 g/mol. The topological polar surface area (TPSA) is 51.3 Å². The van der Waals surface area contributed by atoms with Crippen molar-refractivity contribution in [1.29, 1.82) is 0 Å². The highest BCUT2D eigenvalue weighted by Crippen LogP contribution is 2.39. The number of allylic oxidation sites excluding steroid dienone is 1. The highest BCUT2D eigenvalue weighted by atomic mass is 16.5. The molecule has 0 bridgehead atoms. The number of fused-ring (bicyclic) bond motifs is 1. The van der Waals surface area contributed by atoms with Crippen LogP contribution in [0.2, 0.25) is 0 Å². The van der Waals surface area contributed by atoms with E-state index in [-0.39, 0.29) is 5.78 Å². The van der Waals surface area contributed by atoms with Crippen molar-refractivity contribution in [2.24, 2.45) is 0 Å². The van der Waals surface area contributed by atoms with Crippen molar-refractivity contribution in [2.75, 3.05) is 7.11 Å². The first-order valence-corrected chi connectivity index (χ1v) is 7.45. The minimum atomic E-state index is -0.461. The molecule has 2 aromatic rings. The van der Waals surface area contributed by atoms with Crippen LogP contribution in [0.25, 0.3) is 12.2 Å². The van der Waals surface area contributed by atoms with Gasteiger partial charge in [-0.05, 0) is 62.4 Å². The molecule has 0 atom stereocenters. The zero-order valence-corrected chi connectivity index (χ0v) is 13.4. The van der Waals surface area contributed by atoms with Crippen LogP contribution in [0, 0.1) is 0 Å². The SMILES string of the molecule is COc1ccc(C(=O)C=Cc2ccc[nH]2)c2c1C=CC(C)(C)O2. The second kappa shape index (κ2) is 5.80. The number of hydrogen-bond donors (Lipinski definition) is 1. The van der Waals surface area contributed by atoms with Gasteiger partial charge in [0.1, 0.15) is 17.1 Å². The van der Waals surface area contributed by atoms with Crippen LogP contribution in [0.1, 0.15) is 35.5 Å². The summed E-state index contributed by atoms with van der Waals surface area (Å²) in [5.41, 5.74) is 1.74.